The number of esters is 1. The van der Waals surface area contributed by atoms with Gasteiger partial charge in [0.2, 0.25) is 5.91 Å². The summed E-state index contributed by atoms with van der Waals surface area (Å²) in [7, 11) is 1.40. The Morgan fingerprint density at radius 3 is 2.47 bits per heavy atom. The van der Waals surface area contributed by atoms with E-state index in [2.05, 4.69) is 0 Å². The number of nitrogens with two attached hydrogens (primary N) is 1. The van der Waals surface area contributed by atoms with Crippen molar-refractivity contribution < 1.29 is 19.1 Å². The van der Waals surface area contributed by atoms with Crippen molar-refractivity contribution in [2.75, 3.05) is 33.4 Å². The normalized spacial score (nSPS) is 32.4. The Hall–Kier alpha value is -1.14. The van der Waals surface area contributed by atoms with E-state index >= 15 is 0 Å². The van der Waals surface area contributed by atoms with Gasteiger partial charge in [-0.1, -0.05) is 0 Å². The van der Waals surface area contributed by atoms with Crippen LogP contribution in [0.25, 0.3) is 0 Å². The maximum Gasteiger partial charge on any atom is 0.308 e. The number of rotatable bonds is 2. The van der Waals surface area contributed by atoms with Gasteiger partial charge >= 0.3 is 5.97 Å². The molecule has 0 bridgehead atoms. The standard InChI is InChI=1S/C13H22N2O4/c1-13(8-19-7-10(13)14)12(17)15-5-3-9(4-6-15)11(16)18-2/h9-10H,3-8,14H2,1-2H3. The molecular formula is C13H22N2O4. The van der Waals surface area contributed by atoms with Crippen LogP contribution in [0.3, 0.4) is 0 Å². The number of nitrogens with zero attached hydrogens (tertiary/aromatic N) is 1. The van der Waals surface area contributed by atoms with Gasteiger partial charge < -0.3 is 20.1 Å². The van der Waals surface area contributed by atoms with Crippen LogP contribution >= 0.6 is 0 Å². The smallest absolute Gasteiger partial charge is 0.308 e. The Labute approximate surface area is 113 Å². The van der Waals surface area contributed by atoms with Crippen molar-refractivity contribution in [2.45, 2.75) is 25.8 Å². The fourth-order valence-electron chi connectivity index (χ4n) is 2.76. The third-order valence-electron chi connectivity index (χ3n) is 4.32. The quantitative estimate of drug-likeness (QED) is 0.700. The number of piperidine rings is 1. The monoisotopic (exact) mass is 270 g/mol. The van der Waals surface area contributed by atoms with Crippen LogP contribution in [0.1, 0.15) is 19.8 Å². The number of amides is 1. The molecule has 0 aromatic rings. The van der Waals surface area contributed by atoms with Gasteiger partial charge in [0.15, 0.2) is 0 Å². The van der Waals surface area contributed by atoms with Crippen molar-refractivity contribution in [3.63, 3.8) is 0 Å². The summed E-state index contributed by atoms with van der Waals surface area (Å²) >= 11 is 0. The van der Waals surface area contributed by atoms with Gasteiger partial charge in [0.05, 0.1) is 31.7 Å². The molecule has 2 atom stereocenters. The summed E-state index contributed by atoms with van der Waals surface area (Å²) in [4.78, 5) is 25.8. The fourth-order valence-corrected chi connectivity index (χ4v) is 2.76. The highest BCUT2D eigenvalue weighted by atomic mass is 16.5. The summed E-state index contributed by atoms with van der Waals surface area (Å²) in [5.41, 5.74) is 5.34. The minimum absolute atomic E-state index is 0.0424. The van der Waals surface area contributed by atoms with Gasteiger partial charge in [-0.3, -0.25) is 9.59 Å². The Balaban J connectivity index is 1.94. The van der Waals surface area contributed by atoms with Gasteiger partial charge in [0.25, 0.3) is 0 Å². The molecule has 0 aliphatic carbocycles. The van der Waals surface area contributed by atoms with Crippen molar-refractivity contribution in [1.29, 1.82) is 0 Å². The molecule has 2 unspecified atom stereocenters. The lowest BCUT2D eigenvalue weighted by Crippen LogP contribution is -2.53. The first-order valence-electron chi connectivity index (χ1n) is 6.69. The van der Waals surface area contributed by atoms with Gasteiger partial charge in [-0.25, -0.2) is 0 Å². The molecule has 0 aromatic heterocycles. The first-order valence-corrected chi connectivity index (χ1v) is 6.69. The van der Waals surface area contributed by atoms with E-state index in [0.29, 0.717) is 39.1 Å². The molecule has 19 heavy (non-hydrogen) atoms. The zero-order valence-electron chi connectivity index (χ0n) is 11.6. The molecule has 2 heterocycles. The van der Waals surface area contributed by atoms with E-state index in [9.17, 15) is 9.59 Å². The minimum atomic E-state index is -0.627. The van der Waals surface area contributed by atoms with Crippen LogP contribution in [0.15, 0.2) is 0 Å². The van der Waals surface area contributed by atoms with Gasteiger partial charge in [-0.2, -0.15) is 0 Å². The van der Waals surface area contributed by atoms with E-state index in [1.165, 1.54) is 7.11 Å². The number of methoxy groups -OCH3 is 1. The van der Waals surface area contributed by atoms with Crippen LogP contribution < -0.4 is 5.73 Å². The van der Waals surface area contributed by atoms with Crippen molar-refractivity contribution in [1.82, 2.24) is 4.90 Å². The molecule has 0 saturated carbocycles. The first-order chi connectivity index (χ1) is 8.99. The van der Waals surface area contributed by atoms with Crippen molar-refractivity contribution in [3.8, 4) is 0 Å². The van der Waals surface area contributed by atoms with Crippen LogP contribution in [0.4, 0.5) is 0 Å². The van der Waals surface area contributed by atoms with E-state index in [1.54, 1.807) is 4.90 Å². The summed E-state index contributed by atoms with van der Waals surface area (Å²) in [5.74, 6) is -0.226. The molecular weight excluding hydrogens is 248 g/mol. The molecule has 2 fully saturated rings. The van der Waals surface area contributed by atoms with Crippen LogP contribution in [-0.4, -0.2) is 56.2 Å². The zero-order valence-corrected chi connectivity index (χ0v) is 11.6. The van der Waals surface area contributed by atoms with Crippen LogP contribution in [0, 0.1) is 11.3 Å². The van der Waals surface area contributed by atoms with E-state index in [-0.39, 0.29) is 23.8 Å². The number of hydrogen-bond acceptors (Lipinski definition) is 5. The summed E-state index contributed by atoms with van der Waals surface area (Å²) in [6, 6.07) is -0.252. The van der Waals surface area contributed by atoms with Gasteiger partial charge in [-0.05, 0) is 19.8 Å². The summed E-state index contributed by atoms with van der Waals surface area (Å²) in [6.07, 6.45) is 1.31. The van der Waals surface area contributed by atoms with Crippen molar-refractivity contribution in [2.24, 2.45) is 17.1 Å². The summed E-state index contributed by atoms with van der Waals surface area (Å²) in [6.45, 7) is 3.84. The molecule has 108 valence electrons. The van der Waals surface area contributed by atoms with E-state index in [4.69, 9.17) is 15.2 Å². The highest BCUT2D eigenvalue weighted by molar-refractivity contribution is 5.84. The Bertz CT molecular complexity index is 366. The van der Waals surface area contributed by atoms with Crippen molar-refractivity contribution in [3.05, 3.63) is 0 Å². The van der Waals surface area contributed by atoms with E-state index < -0.39 is 5.41 Å². The molecule has 2 aliphatic heterocycles. The number of likely N-dealkylation sites (tertiary alicyclic amines) is 1. The SMILES string of the molecule is COC(=O)C1CCN(C(=O)C2(C)COCC2N)CC1. The molecule has 0 radical (unpaired) electrons. The van der Waals surface area contributed by atoms with Crippen LogP contribution in [0.5, 0.6) is 0 Å². The molecule has 6 nitrogen and oxygen atoms in total. The third kappa shape index (κ3) is 2.60. The predicted octanol–water partition coefficient (Wildman–Crippen LogP) is -0.238. The highest BCUT2D eigenvalue weighted by Gasteiger charge is 2.47. The molecule has 2 N–H and O–H groups in total. The number of hydrogen-bond donors (Lipinski definition) is 1. The molecule has 1 amide bonds. The van der Waals surface area contributed by atoms with E-state index in [1.807, 2.05) is 6.92 Å². The summed E-state index contributed by atoms with van der Waals surface area (Å²) < 4.78 is 10.1. The molecule has 2 saturated heterocycles. The predicted molar refractivity (Wildman–Crippen MR) is 68.2 cm³/mol. The average Bonchev–Trinajstić information content (AvgIpc) is 2.78. The largest absolute Gasteiger partial charge is 0.469 e. The molecule has 2 rings (SSSR count). The van der Waals surface area contributed by atoms with Gasteiger partial charge in [-0.15, -0.1) is 0 Å². The lowest BCUT2D eigenvalue weighted by molar-refractivity contribution is -0.151. The highest BCUT2D eigenvalue weighted by Crippen LogP contribution is 2.31. The maximum atomic E-state index is 12.5. The average molecular weight is 270 g/mol. The maximum absolute atomic E-state index is 12.5. The van der Waals surface area contributed by atoms with Gasteiger partial charge in [0.1, 0.15) is 0 Å². The topological polar surface area (TPSA) is 81.9 Å². The Morgan fingerprint density at radius 2 is 2.00 bits per heavy atom. The van der Waals surface area contributed by atoms with Crippen LogP contribution in [0.2, 0.25) is 0 Å². The van der Waals surface area contributed by atoms with E-state index in [0.717, 1.165) is 0 Å². The lowest BCUT2D eigenvalue weighted by atomic mass is 9.83. The second kappa shape index (κ2) is 5.46. The molecule has 0 aromatic carbocycles. The molecule has 2 aliphatic rings. The fraction of sp³-hybridized carbons (Fsp3) is 0.846. The molecule has 0 spiro atoms. The Kier molecular flexibility index (Phi) is 4.10. The summed E-state index contributed by atoms with van der Waals surface area (Å²) in [5, 5.41) is 0. The lowest BCUT2D eigenvalue weighted by Gasteiger charge is -2.37. The number of ether oxygens (including phenoxy) is 2. The molecule has 6 heteroatoms. The van der Waals surface area contributed by atoms with Crippen LogP contribution in [-0.2, 0) is 19.1 Å². The second-order valence-corrected chi connectivity index (χ2v) is 5.63. The zero-order chi connectivity index (χ0) is 14.0. The van der Waals surface area contributed by atoms with Crippen molar-refractivity contribution >= 4 is 11.9 Å². The Morgan fingerprint density at radius 1 is 1.37 bits per heavy atom. The number of carbonyl (C=O) groups excluding carboxylic acids is 2. The number of carbonyl (C=O) groups is 2. The third-order valence-corrected chi connectivity index (χ3v) is 4.32. The minimum Gasteiger partial charge on any atom is -0.469 e. The first kappa shape index (κ1) is 14.3. The van der Waals surface area contributed by atoms with Gasteiger partial charge in [0, 0.05) is 19.1 Å². The second-order valence-electron chi connectivity index (χ2n) is 5.63.